The molecule has 1 amide bonds. The van der Waals surface area contributed by atoms with Crippen LogP contribution in [0.1, 0.15) is 65.7 Å². The molecule has 1 rings (SSSR count). The fraction of sp³-hybridized carbons (Fsp3) is 0.933. The van der Waals surface area contributed by atoms with Crippen molar-refractivity contribution in [2.45, 2.75) is 71.3 Å². The third-order valence-corrected chi connectivity index (χ3v) is 4.57. The molecule has 0 aromatic heterocycles. The van der Waals surface area contributed by atoms with Gasteiger partial charge in [0.1, 0.15) is 0 Å². The van der Waals surface area contributed by atoms with Gasteiger partial charge in [0.25, 0.3) is 0 Å². The van der Waals surface area contributed by atoms with Crippen molar-refractivity contribution in [3.05, 3.63) is 0 Å². The monoisotopic (exact) mass is 290 g/mol. The van der Waals surface area contributed by atoms with Crippen LogP contribution in [0.3, 0.4) is 0 Å². The second-order valence-corrected chi connectivity index (χ2v) is 6.39. The Morgan fingerprint density at radius 2 is 1.79 bits per heavy atom. The highest BCUT2D eigenvalue weighted by Gasteiger charge is 2.29. The van der Waals surface area contributed by atoms with Crippen molar-refractivity contribution in [2.75, 3.05) is 6.54 Å². The Labute approximate surface area is 124 Å². The number of nitrogens with one attached hydrogen (secondary N) is 1. The quantitative estimate of drug-likeness (QED) is 0.764. The summed E-state index contributed by atoms with van der Waals surface area (Å²) in [5, 5.41) is 3.15. The highest BCUT2D eigenvalue weighted by atomic mass is 35.5. The number of carbonyl (C=O) groups excluding carboxylic acids is 1. The largest absolute Gasteiger partial charge is 0.349 e. The van der Waals surface area contributed by atoms with Crippen molar-refractivity contribution in [1.29, 1.82) is 0 Å². The average molecular weight is 291 g/mol. The van der Waals surface area contributed by atoms with Crippen LogP contribution in [0, 0.1) is 11.8 Å². The van der Waals surface area contributed by atoms with E-state index >= 15 is 0 Å². The molecule has 0 saturated heterocycles. The van der Waals surface area contributed by atoms with Gasteiger partial charge < -0.3 is 11.1 Å². The van der Waals surface area contributed by atoms with Crippen LogP contribution in [0.5, 0.6) is 0 Å². The molecule has 0 aromatic carbocycles. The number of hydrogen-bond acceptors (Lipinski definition) is 2. The highest BCUT2D eigenvalue weighted by molar-refractivity contribution is 5.85. The molecule has 0 radical (unpaired) electrons. The number of halogens is 1. The van der Waals surface area contributed by atoms with Gasteiger partial charge in [0.2, 0.25) is 5.91 Å². The van der Waals surface area contributed by atoms with Crippen LogP contribution in [-0.2, 0) is 4.79 Å². The molecule has 0 aliphatic heterocycles. The lowest BCUT2D eigenvalue weighted by Crippen LogP contribution is -2.55. The fourth-order valence-corrected chi connectivity index (χ4v) is 2.63. The maximum absolute atomic E-state index is 12.1. The first kappa shape index (κ1) is 18.7. The zero-order chi connectivity index (χ0) is 13.6. The lowest BCUT2D eigenvalue weighted by atomic mass is 9.87. The van der Waals surface area contributed by atoms with Gasteiger partial charge in [-0.25, -0.2) is 0 Å². The fourth-order valence-electron chi connectivity index (χ4n) is 2.63. The molecule has 0 bridgehead atoms. The summed E-state index contributed by atoms with van der Waals surface area (Å²) in [5.41, 5.74) is 5.54. The average Bonchev–Trinajstić information content (AvgIpc) is 2.57. The molecule has 0 aromatic rings. The van der Waals surface area contributed by atoms with E-state index in [-0.39, 0.29) is 23.9 Å². The first-order chi connectivity index (χ1) is 8.48. The first-order valence-corrected chi connectivity index (χ1v) is 7.49. The molecule has 3 N–H and O–H groups in total. The standard InChI is InChI=1S/C15H30N2O.ClH/c1-12(2)15(3,11-16)17-14(18)10-13-8-6-4-5-7-9-13;/h12-13H,4-11,16H2,1-3H3,(H,17,18);1H. The molecule has 19 heavy (non-hydrogen) atoms. The van der Waals surface area contributed by atoms with Gasteiger partial charge in [-0.2, -0.15) is 0 Å². The van der Waals surface area contributed by atoms with E-state index in [0.717, 1.165) is 0 Å². The van der Waals surface area contributed by atoms with Crippen molar-refractivity contribution >= 4 is 18.3 Å². The molecule has 3 nitrogen and oxygen atoms in total. The summed E-state index contributed by atoms with van der Waals surface area (Å²) in [4.78, 5) is 12.1. The minimum atomic E-state index is -0.262. The first-order valence-electron chi connectivity index (χ1n) is 7.49. The predicted molar refractivity (Wildman–Crippen MR) is 83.5 cm³/mol. The summed E-state index contributed by atoms with van der Waals surface area (Å²) in [6.07, 6.45) is 8.37. The Kier molecular flexibility index (Phi) is 8.67. The normalized spacial score (nSPS) is 20.3. The van der Waals surface area contributed by atoms with E-state index < -0.39 is 0 Å². The maximum Gasteiger partial charge on any atom is 0.220 e. The summed E-state index contributed by atoms with van der Waals surface area (Å²) in [6, 6.07) is 0. The lowest BCUT2D eigenvalue weighted by Gasteiger charge is -2.34. The third-order valence-electron chi connectivity index (χ3n) is 4.57. The number of amides is 1. The molecular weight excluding hydrogens is 260 g/mol. The summed E-state index contributed by atoms with van der Waals surface area (Å²) in [7, 11) is 0. The van der Waals surface area contributed by atoms with Crippen molar-refractivity contribution in [2.24, 2.45) is 17.6 Å². The van der Waals surface area contributed by atoms with E-state index in [1.54, 1.807) is 0 Å². The molecule has 4 heteroatoms. The van der Waals surface area contributed by atoms with Crippen molar-refractivity contribution in [1.82, 2.24) is 5.32 Å². The smallest absolute Gasteiger partial charge is 0.220 e. The second kappa shape index (κ2) is 8.80. The minimum Gasteiger partial charge on any atom is -0.349 e. The Morgan fingerprint density at radius 3 is 2.21 bits per heavy atom. The van der Waals surface area contributed by atoms with Crippen molar-refractivity contribution < 1.29 is 4.79 Å². The highest BCUT2D eigenvalue weighted by Crippen LogP contribution is 2.26. The predicted octanol–water partition coefficient (Wildman–Crippen LogP) is 3.26. The van der Waals surface area contributed by atoms with Crippen LogP contribution in [0.4, 0.5) is 0 Å². The molecular formula is C15H31ClN2O. The van der Waals surface area contributed by atoms with Gasteiger partial charge in [-0.3, -0.25) is 4.79 Å². The molecule has 114 valence electrons. The van der Waals surface area contributed by atoms with Crippen LogP contribution < -0.4 is 11.1 Å². The van der Waals surface area contributed by atoms with Crippen molar-refractivity contribution in [3.63, 3.8) is 0 Å². The van der Waals surface area contributed by atoms with Gasteiger partial charge in [0.15, 0.2) is 0 Å². The van der Waals surface area contributed by atoms with E-state index in [1.807, 2.05) is 6.92 Å². The Balaban J connectivity index is 0.00000324. The van der Waals surface area contributed by atoms with E-state index in [1.165, 1.54) is 38.5 Å². The van der Waals surface area contributed by atoms with Crippen molar-refractivity contribution in [3.8, 4) is 0 Å². The molecule has 1 saturated carbocycles. The van der Waals surface area contributed by atoms with Crippen LogP contribution in [0.25, 0.3) is 0 Å². The Hall–Kier alpha value is -0.280. The maximum atomic E-state index is 12.1. The van der Waals surface area contributed by atoms with E-state index in [4.69, 9.17) is 5.73 Å². The van der Waals surface area contributed by atoms with Crippen LogP contribution in [0.15, 0.2) is 0 Å². The third kappa shape index (κ3) is 6.13. The topological polar surface area (TPSA) is 55.1 Å². The molecule has 1 fully saturated rings. The van der Waals surface area contributed by atoms with Crippen LogP contribution in [-0.4, -0.2) is 18.0 Å². The van der Waals surface area contributed by atoms with Crippen LogP contribution >= 0.6 is 12.4 Å². The van der Waals surface area contributed by atoms with E-state index in [9.17, 15) is 4.79 Å². The summed E-state index contributed by atoms with van der Waals surface area (Å²) < 4.78 is 0. The molecule has 1 aliphatic carbocycles. The van der Waals surface area contributed by atoms with E-state index in [0.29, 0.717) is 24.8 Å². The van der Waals surface area contributed by atoms with E-state index in [2.05, 4.69) is 19.2 Å². The summed E-state index contributed by atoms with van der Waals surface area (Å²) in [5.74, 6) is 1.13. The van der Waals surface area contributed by atoms with Gasteiger partial charge in [-0.15, -0.1) is 12.4 Å². The number of hydrogen-bond donors (Lipinski definition) is 2. The van der Waals surface area contributed by atoms with Gasteiger partial charge >= 0.3 is 0 Å². The number of nitrogens with two attached hydrogens (primary N) is 1. The number of carbonyl (C=O) groups is 1. The Morgan fingerprint density at radius 1 is 1.26 bits per heavy atom. The zero-order valence-electron chi connectivity index (χ0n) is 12.7. The SMILES string of the molecule is CC(C)C(C)(CN)NC(=O)CC1CCCCCC1.Cl. The summed E-state index contributed by atoms with van der Waals surface area (Å²) in [6.45, 7) is 6.77. The second-order valence-electron chi connectivity index (χ2n) is 6.39. The Bertz CT molecular complexity index is 263. The molecule has 1 aliphatic rings. The number of rotatable bonds is 5. The summed E-state index contributed by atoms with van der Waals surface area (Å²) >= 11 is 0. The van der Waals surface area contributed by atoms with Gasteiger partial charge in [-0.05, 0) is 31.6 Å². The van der Waals surface area contributed by atoms with Gasteiger partial charge in [0.05, 0.1) is 5.54 Å². The zero-order valence-corrected chi connectivity index (χ0v) is 13.5. The van der Waals surface area contributed by atoms with Crippen LogP contribution in [0.2, 0.25) is 0 Å². The molecule has 1 atom stereocenters. The molecule has 0 spiro atoms. The van der Waals surface area contributed by atoms with Gasteiger partial charge in [0, 0.05) is 13.0 Å². The lowest BCUT2D eigenvalue weighted by molar-refractivity contribution is -0.124. The molecule has 0 heterocycles. The molecule has 1 unspecified atom stereocenters. The minimum absolute atomic E-state index is 0. The van der Waals surface area contributed by atoms with Gasteiger partial charge in [-0.1, -0.05) is 39.5 Å².